The van der Waals surface area contributed by atoms with Crippen LogP contribution in [-0.4, -0.2) is 59.8 Å². The molecule has 3 atom stereocenters. The number of β-lactam (4-membered cyclic amide) rings is 1. The van der Waals surface area contributed by atoms with Gasteiger partial charge in [0.1, 0.15) is 23.2 Å². The molecule has 2 fully saturated rings. The number of hydrogen-bond acceptors (Lipinski definition) is 5. The van der Waals surface area contributed by atoms with E-state index in [-0.39, 0.29) is 10.7 Å². The van der Waals surface area contributed by atoms with Gasteiger partial charge in [0.25, 0.3) is 5.91 Å². The fourth-order valence-electron chi connectivity index (χ4n) is 3.18. The molecule has 2 amide bonds. The van der Waals surface area contributed by atoms with Crippen molar-refractivity contribution >= 4 is 41.1 Å². The Labute approximate surface area is 147 Å². The maximum Gasteiger partial charge on any atom is 0.327 e. The van der Waals surface area contributed by atoms with E-state index in [0.717, 1.165) is 0 Å². The van der Waals surface area contributed by atoms with Crippen molar-refractivity contribution in [1.82, 2.24) is 20.0 Å². The minimum Gasteiger partial charge on any atom is -0.480 e. The Morgan fingerprint density at radius 2 is 2.17 bits per heavy atom. The molecule has 10 heteroatoms. The predicted molar refractivity (Wildman–Crippen MR) is 87.9 cm³/mol. The van der Waals surface area contributed by atoms with E-state index >= 15 is 0 Å². The molecule has 0 saturated carbocycles. The number of aryl methyl sites for hydroxylation is 1. The first-order valence-corrected chi connectivity index (χ1v) is 8.69. The molecule has 130 valence electrons. The number of amides is 2. The van der Waals surface area contributed by atoms with Gasteiger partial charge in [0, 0.05) is 11.3 Å². The maximum atomic E-state index is 12.5. The minimum atomic E-state index is -1.04. The first-order chi connectivity index (χ1) is 11.2. The van der Waals surface area contributed by atoms with E-state index in [1.165, 1.54) is 27.5 Å². The van der Waals surface area contributed by atoms with E-state index in [9.17, 15) is 19.5 Å². The van der Waals surface area contributed by atoms with Gasteiger partial charge in [-0.05, 0) is 20.8 Å². The average Bonchev–Trinajstić information content (AvgIpc) is 2.99. The quantitative estimate of drug-likeness (QED) is 0.757. The Kier molecular flexibility index (Phi) is 4.03. The van der Waals surface area contributed by atoms with Crippen molar-refractivity contribution in [3.8, 4) is 0 Å². The molecule has 24 heavy (non-hydrogen) atoms. The molecule has 2 aliphatic heterocycles. The number of fused-ring (bicyclic) bond motifs is 1. The summed E-state index contributed by atoms with van der Waals surface area (Å²) in [6.07, 6.45) is 1.38. The van der Waals surface area contributed by atoms with Gasteiger partial charge < -0.3 is 15.3 Å². The number of thioether (sulfide) groups is 1. The molecule has 1 aromatic rings. The molecule has 2 N–H and O–H groups in total. The lowest BCUT2D eigenvalue weighted by Gasteiger charge is -2.43. The zero-order chi connectivity index (χ0) is 17.8. The van der Waals surface area contributed by atoms with Gasteiger partial charge in [0.15, 0.2) is 0 Å². The van der Waals surface area contributed by atoms with Gasteiger partial charge in [-0.25, -0.2) is 4.79 Å². The summed E-state index contributed by atoms with van der Waals surface area (Å²) >= 11 is 7.37. The van der Waals surface area contributed by atoms with Gasteiger partial charge in [-0.15, -0.1) is 11.8 Å². The Balaban J connectivity index is 1.79. The summed E-state index contributed by atoms with van der Waals surface area (Å²) in [5.74, 6) is -1.92. The third-order valence-electron chi connectivity index (χ3n) is 4.27. The van der Waals surface area contributed by atoms with E-state index in [1.807, 2.05) is 6.92 Å². The number of halogens is 1. The second kappa shape index (κ2) is 5.66. The van der Waals surface area contributed by atoms with Crippen molar-refractivity contribution in [2.45, 2.75) is 49.5 Å². The number of carbonyl (C=O) groups excluding carboxylic acids is 2. The minimum absolute atomic E-state index is 0.197. The summed E-state index contributed by atoms with van der Waals surface area (Å²) in [5, 5.41) is 15.9. The zero-order valence-electron chi connectivity index (χ0n) is 13.3. The summed E-state index contributed by atoms with van der Waals surface area (Å²) in [7, 11) is 0. The van der Waals surface area contributed by atoms with Crippen molar-refractivity contribution in [3.05, 3.63) is 16.9 Å². The number of rotatable bonds is 4. The zero-order valence-corrected chi connectivity index (χ0v) is 14.9. The predicted octanol–water partition coefficient (Wildman–Crippen LogP) is 0.802. The van der Waals surface area contributed by atoms with Crippen molar-refractivity contribution in [2.75, 3.05) is 0 Å². The highest BCUT2D eigenvalue weighted by atomic mass is 35.5. The number of nitrogens with zero attached hydrogens (tertiary/aromatic N) is 3. The molecule has 8 nitrogen and oxygen atoms in total. The molecule has 2 saturated heterocycles. The van der Waals surface area contributed by atoms with E-state index in [2.05, 4.69) is 10.4 Å². The summed E-state index contributed by atoms with van der Waals surface area (Å²) < 4.78 is 0.818. The second-order valence-electron chi connectivity index (χ2n) is 6.21. The third-order valence-corrected chi connectivity index (χ3v) is 6.12. The fourth-order valence-corrected chi connectivity index (χ4v) is 5.04. The molecule has 3 unspecified atom stereocenters. The molecular formula is C14H17ClN4O4S. The van der Waals surface area contributed by atoms with Gasteiger partial charge in [0.2, 0.25) is 5.91 Å². The average molecular weight is 373 g/mol. The van der Waals surface area contributed by atoms with Crippen LogP contribution in [0.15, 0.2) is 6.20 Å². The van der Waals surface area contributed by atoms with Crippen molar-refractivity contribution < 1.29 is 19.5 Å². The van der Waals surface area contributed by atoms with Gasteiger partial charge in [0.05, 0.1) is 11.2 Å². The molecule has 0 aliphatic carbocycles. The highest BCUT2D eigenvalue weighted by Gasteiger charge is 2.64. The molecule has 0 bridgehead atoms. The number of aromatic nitrogens is 2. The lowest BCUT2D eigenvalue weighted by atomic mass is 9.96. The van der Waals surface area contributed by atoms with Crippen LogP contribution < -0.4 is 5.32 Å². The molecule has 0 radical (unpaired) electrons. The first-order valence-electron chi connectivity index (χ1n) is 7.44. The molecule has 2 aliphatic rings. The highest BCUT2D eigenvalue weighted by Crippen LogP contribution is 2.50. The lowest BCUT2D eigenvalue weighted by molar-refractivity contribution is -0.159. The SMILES string of the molecule is CCn1ncc(Cl)c1C(=O)NC1C(=O)N2C1SC(C)(C)C2C(=O)O. The third kappa shape index (κ3) is 2.37. The number of nitrogens with one attached hydrogen (secondary N) is 1. The fraction of sp³-hybridized carbons (Fsp3) is 0.571. The van der Waals surface area contributed by atoms with Crippen molar-refractivity contribution in [1.29, 1.82) is 0 Å². The van der Waals surface area contributed by atoms with Crippen LogP contribution in [0.25, 0.3) is 0 Å². The number of carboxylic acids is 1. The Hall–Kier alpha value is -1.74. The Morgan fingerprint density at radius 1 is 1.50 bits per heavy atom. The number of aliphatic carboxylic acids is 1. The smallest absolute Gasteiger partial charge is 0.327 e. The molecule has 1 aromatic heterocycles. The van der Waals surface area contributed by atoms with Crippen molar-refractivity contribution in [3.63, 3.8) is 0 Å². The normalized spacial score (nSPS) is 27.6. The van der Waals surface area contributed by atoms with Crippen LogP contribution in [-0.2, 0) is 16.1 Å². The second-order valence-corrected chi connectivity index (χ2v) is 8.38. The van der Waals surface area contributed by atoms with Gasteiger partial charge in [-0.3, -0.25) is 14.3 Å². The van der Waals surface area contributed by atoms with Gasteiger partial charge >= 0.3 is 5.97 Å². The topological polar surface area (TPSA) is 105 Å². The van der Waals surface area contributed by atoms with Crippen LogP contribution in [0.5, 0.6) is 0 Å². The Bertz CT molecular complexity index is 734. The molecular weight excluding hydrogens is 356 g/mol. The number of carboxylic acid groups (broad SMARTS) is 1. The molecule has 3 rings (SSSR count). The van der Waals surface area contributed by atoms with Crippen LogP contribution in [0, 0.1) is 0 Å². The monoisotopic (exact) mass is 372 g/mol. The summed E-state index contributed by atoms with van der Waals surface area (Å²) in [4.78, 5) is 37.6. The van der Waals surface area contributed by atoms with E-state index in [0.29, 0.717) is 6.54 Å². The van der Waals surface area contributed by atoms with Crippen LogP contribution in [0.4, 0.5) is 0 Å². The Morgan fingerprint density at radius 3 is 2.75 bits per heavy atom. The van der Waals surface area contributed by atoms with E-state index in [1.54, 1.807) is 13.8 Å². The van der Waals surface area contributed by atoms with E-state index < -0.39 is 40.0 Å². The standard InChI is InChI=1S/C14H17ClN4O4S/c1-4-18-8(6(15)5-16-18)10(20)17-7-11(21)19-9(13(22)23)14(2,3)24-12(7)19/h5,7,9,12H,4H2,1-3H3,(H,17,20)(H,22,23). The number of hydrogen-bond donors (Lipinski definition) is 2. The first kappa shape index (κ1) is 17.1. The summed E-state index contributed by atoms with van der Waals surface area (Å²) in [6, 6.07) is -1.67. The molecule has 0 aromatic carbocycles. The van der Waals surface area contributed by atoms with Crippen LogP contribution in [0.2, 0.25) is 5.02 Å². The van der Waals surface area contributed by atoms with Gasteiger partial charge in [-0.1, -0.05) is 11.6 Å². The lowest BCUT2D eigenvalue weighted by Crippen LogP contribution is -2.70. The van der Waals surface area contributed by atoms with Crippen LogP contribution in [0.3, 0.4) is 0 Å². The molecule has 3 heterocycles. The van der Waals surface area contributed by atoms with Crippen LogP contribution in [0.1, 0.15) is 31.3 Å². The molecule has 0 spiro atoms. The van der Waals surface area contributed by atoms with Crippen LogP contribution >= 0.6 is 23.4 Å². The highest BCUT2D eigenvalue weighted by molar-refractivity contribution is 8.01. The number of carbonyl (C=O) groups is 3. The largest absolute Gasteiger partial charge is 0.480 e. The maximum absolute atomic E-state index is 12.5. The van der Waals surface area contributed by atoms with Gasteiger partial charge in [-0.2, -0.15) is 5.10 Å². The van der Waals surface area contributed by atoms with Crippen molar-refractivity contribution in [2.24, 2.45) is 0 Å². The van der Waals surface area contributed by atoms with E-state index in [4.69, 9.17) is 11.6 Å². The summed E-state index contributed by atoms with van der Waals surface area (Å²) in [5.41, 5.74) is 0.197. The summed E-state index contributed by atoms with van der Waals surface area (Å²) in [6.45, 7) is 5.85.